The number of allylic oxidation sites excluding steroid dienone is 2. The summed E-state index contributed by atoms with van der Waals surface area (Å²) in [5.74, 6) is 1.34. The SMILES string of the molecule is C1=CC2C[N]NCC2C=C1. The lowest BCUT2D eigenvalue weighted by molar-refractivity contribution is 0.308. The summed E-state index contributed by atoms with van der Waals surface area (Å²) in [6, 6.07) is 0. The van der Waals surface area contributed by atoms with E-state index in [9.17, 15) is 0 Å². The van der Waals surface area contributed by atoms with Crippen molar-refractivity contribution in [2.75, 3.05) is 13.1 Å². The van der Waals surface area contributed by atoms with Gasteiger partial charge in [-0.15, -0.1) is 0 Å². The van der Waals surface area contributed by atoms with E-state index in [0.717, 1.165) is 13.1 Å². The molecule has 1 N–H and O–H groups in total. The topological polar surface area (TPSA) is 26.1 Å². The minimum atomic E-state index is 0.659. The molecule has 10 heavy (non-hydrogen) atoms. The van der Waals surface area contributed by atoms with Gasteiger partial charge in [0.2, 0.25) is 0 Å². The van der Waals surface area contributed by atoms with Crippen molar-refractivity contribution >= 4 is 0 Å². The number of hydrogen-bond donors (Lipinski definition) is 1. The lowest BCUT2D eigenvalue weighted by atomic mass is 9.87. The Balaban J connectivity index is 2.09. The van der Waals surface area contributed by atoms with Crippen molar-refractivity contribution < 1.29 is 0 Å². The molecule has 2 aliphatic rings. The number of rotatable bonds is 0. The fourth-order valence-electron chi connectivity index (χ4n) is 1.45. The zero-order valence-electron chi connectivity index (χ0n) is 5.83. The van der Waals surface area contributed by atoms with E-state index in [1.165, 1.54) is 0 Å². The average Bonchev–Trinajstić information content (AvgIpc) is 2.05. The maximum atomic E-state index is 4.13. The van der Waals surface area contributed by atoms with Crippen LogP contribution in [0, 0.1) is 11.8 Å². The summed E-state index contributed by atoms with van der Waals surface area (Å²) in [5.41, 5.74) is 7.15. The fraction of sp³-hybridized carbons (Fsp3) is 0.500. The van der Waals surface area contributed by atoms with E-state index < -0.39 is 0 Å². The minimum absolute atomic E-state index is 0.659. The predicted octanol–water partition coefficient (Wildman–Crippen LogP) is 0.467. The van der Waals surface area contributed by atoms with Crippen LogP contribution < -0.4 is 10.9 Å². The van der Waals surface area contributed by atoms with E-state index in [2.05, 4.69) is 35.2 Å². The minimum Gasteiger partial charge on any atom is -0.240 e. The molecular formula is C8H11N2. The van der Waals surface area contributed by atoms with Crippen molar-refractivity contribution in [2.45, 2.75) is 0 Å². The first-order valence-electron chi connectivity index (χ1n) is 3.71. The van der Waals surface area contributed by atoms with Gasteiger partial charge in [-0.2, -0.15) is 5.43 Å². The summed E-state index contributed by atoms with van der Waals surface area (Å²) < 4.78 is 0. The third-order valence-corrected chi connectivity index (χ3v) is 2.12. The summed E-state index contributed by atoms with van der Waals surface area (Å²) in [4.78, 5) is 0. The van der Waals surface area contributed by atoms with Crippen LogP contribution in [0.3, 0.4) is 0 Å². The zero-order chi connectivity index (χ0) is 6.81. The maximum absolute atomic E-state index is 4.13. The molecule has 53 valence electrons. The van der Waals surface area contributed by atoms with Crippen LogP contribution in [0.2, 0.25) is 0 Å². The van der Waals surface area contributed by atoms with Gasteiger partial charge in [0.15, 0.2) is 0 Å². The second-order valence-corrected chi connectivity index (χ2v) is 2.80. The first-order valence-corrected chi connectivity index (χ1v) is 3.71. The highest BCUT2D eigenvalue weighted by atomic mass is 15.4. The van der Waals surface area contributed by atoms with Crippen molar-refractivity contribution in [3.8, 4) is 0 Å². The number of nitrogens with zero attached hydrogens (tertiary/aromatic N) is 1. The third kappa shape index (κ3) is 1.00. The molecule has 2 atom stereocenters. The van der Waals surface area contributed by atoms with Gasteiger partial charge in [0.1, 0.15) is 0 Å². The van der Waals surface area contributed by atoms with Gasteiger partial charge in [-0.05, 0) is 5.92 Å². The molecule has 2 heteroatoms. The molecule has 0 aromatic heterocycles. The van der Waals surface area contributed by atoms with Crippen LogP contribution in [-0.2, 0) is 0 Å². The van der Waals surface area contributed by atoms with E-state index >= 15 is 0 Å². The Morgan fingerprint density at radius 3 is 2.80 bits per heavy atom. The molecule has 2 nitrogen and oxygen atoms in total. The standard InChI is InChI=1S/C8H11N2/c1-2-4-8-6-10-9-5-7(8)3-1/h1-4,7-9H,5-6H2. The average molecular weight is 135 g/mol. The summed E-state index contributed by atoms with van der Waals surface area (Å²) in [6.45, 7) is 1.94. The number of fused-ring (bicyclic) bond motifs is 1. The second kappa shape index (κ2) is 2.56. The summed E-state index contributed by atoms with van der Waals surface area (Å²) in [6.07, 6.45) is 8.73. The molecule has 1 aliphatic carbocycles. The highest BCUT2D eigenvalue weighted by Gasteiger charge is 2.21. The monoisotopic (exact) mass is 135 g/mol. The molecule has 0 spiro atoms. The van der Waals surface area contributed by atoms with E-state index in [0.29, 0.717) is 11.8 Å². The summed E-state index contributed by atoms with van der Waals surface area (Å²) >= 11 is 0. The predicted molar refractivity (Wildman–Crippen MR) is 40.3 cm³/mol. The largest absolute Gasteiger partial charge is 0.240 e. The van der Waals surface area contributed by atoms with Crippen molar-refractivity contribution in [3.05, 3.63) is 24.3 Å². The van der Waals surface area contributed by atoms with E-state index in [4.69, 9.17) is 0 Å². The normalized spacial score (nSPS) is 37.6. The highest BCUT2D eigenvalue weighted by Crippen LogP contribution is 2.20. The number of nitrogens with one attached hydrogen (secondary N) is 1. The summed E-state index contributed by atoms with van der Waals surface area (Å²) in [7, 11) is 0. The Kier molecular flexibility index (Phi) is 1.57. The van der Waals surface area contributed by atoms with E-state index in [1.807, 2.05) is 0 Å². The second-order valence-electron chi connectivity index (χ2n) is 2.80. The molecule has 0 saturated carbocycles. The van der Waals surface area contributed by atoms with Gasteiger partial charge in [0, 0.05) is 19.0 Å². The van der Waals surface area contributed by atoms with E-state index in [-0.39, 0.29) is 0 Å². The number of hydrogen-bond acceptors (Lipinski definition) is 1. The Morgan fingerprint density at radius 2 is 2.00 bits per heavy atom. The van der Waals surface area contributed by atoms with Crippen LogP contribution in [0.15, 0.2) is 24.3 Å². The highest BCUT2D eigenvalue weighted by molar-refractivity contribution is 5.15. The van der Waals surface area contributed by atoms with Gasteiger partial charge in [0.25, 0.3) is 0 Å². The first-order chi connectivity index (χ1) is 4.97. The fourth-order valence-corrected chi connectivity index (χ4v) is 1.45. The van der Waals surface area contributed by atoms with Crippen molar-refractivity contribution in [1.29, 1.82) is 0 Å². The van der Waals surface area contributed by atoms with Crippen LogP contribution in [0.5, 0.6) is 0 Å². The molecule has 0 aromatic rings. The van der Waals surface area contributed by atoms with Gasteiger partial charge in [0.05, 0.1) is 0 Å². The van der Waals surface area contributed by atoms with Crippen LogP contribution in [0.4, 0.5) is 0 Å². The zero-order valence-corrected chi connectivity index (χ0v) is 5.83. The van der Waals surface area contributed by atoms with Gasteiger partial charge in [-0.3, -0.25) is 0 Å². The molecule has 1 heterocycles. The molecule has 2 unspecified atom stereocenters. The molecule has 2 rings (SSSR count). The lowest BCUT2D eigenvalue weighted by Crippen LogP contribution is -2.43. The Hall–Kier alpha value is -0.600. The molecule has 1 radical (unpaired) electrons. The van der Waals surface area contributed by atoms with Crippen LogP contribution in [0.25, 0.3) is 0 Å². The lowest BCUT2D eigenvalue weighted by Gasteiger charge is -2.28. The van der Waals surface area contributed by atoms with Crippen molar-refractivity contribution in [1.82, 2.24) is 10.9 Å². The third-order valence-electron chi connectivity index (χ3n) is 2.12. The molecule has 0 aromatic carbocycles. The smallest absolute Gasteiger partial charge is 0.0373 e. The van der Waals surface area contributed by atoms with Gasteiger partial charge < -0.3 is 0 Å². The molecule has 0 amide bonds. The van der Waals surface area contributed by atoms with E-state index in [1.54, 1.807) is 0 Å². The molecule has 1 aliphatic heterocycles. The molecule has 0 bridgehead atoms. The van der Waals surface area contributed by atoms with Crippen LogP contribution >= 0.6 is 0 Å². The Morgan fingerprint density at radius 1 is 1.20 bits per heavy atom. The van der Waals surface area contributed by atoms with Gasteiger partial charge in [-0.1, -0.05) is 24.3 Å². The molecule has 1 saturated heterocycles. The Bertz CT molecular complexity index is 152. The first kappa shape index (κ1) is 6.13. The molecular weight excluding hydrogens is 124 g/mol. The van der Waals surface area contributed by atoms with Crippen LogP contribution in [0.1, 0.15) is 0 Å². The van der Waals surface area contributed by atoms with Gasteiger partial charge >= 0.3 is 0 Å². The summed E-state index contributed by atoms with van der Waals surface area (Å²) in [5, 5.41) is 0. The van der Waals surface area contributed by atoms with Crippen molar-refractivity contribution in [2.24, 2.45) is 11.8 Å². The maximum Gasteiger partial charge on any atom is 0.0373 e. The molecule has 1 fully saturated rings. The Labute approximate surface area is 61.0 Å². The quantitative estimate of drug-likeness (QED) is 0.513. The van der Waals surface area contributed by atoms with Crippen LogP contribution in [-0.4, -0.2) is 13.1 Å². The van der Waals surface area contributed by atoms with Gasteiger partial charge in [-0.25, -0.2) is 5.43 Å². The van der Waals surface area contributed by atoms with Crippen molar-refractivity contribution in [3.63, 3.8) is 0 Å².